The summed E-state index contributed by atoms with van der Waals surface area (Å²) >= 11 is 0. The molecule has 5 heteroatoms. The number of ketones is 1. The molecule has 1 aliphatic heterocycles. The maximum absolute atomic E-state index is 12.8. The van der Waals surface area contributed by atoms with Gasteiger partial charge in [-0.25, -0.2) is 4.79 Å². The third kappa shape index (κ3) is 3.47. The predicted octanol–water partition coefficient (Wildman–Crippen LogP) is 4.86. The van der Waals surface area contributed by atoms with Crippen molar-refractivity contribution >= 4 is 11.8 Å². The Labute approximate surface area is 168 Å². The average molecular weight is 388 g/mol. The molecule has 3 aromatic carbocycles. The molecule has 0 unspecified atom stereocenters. The largest absolute Gasteiger partial charge is 0.493 e. The number of methoxy groups -OCH3 is 2. The van der Waals surface area contributed by atoms with Crippen LogP contribution < -0.4 is 9.47 Å². The fourth-order valence-corrected chi connectivity index (χ4v) is 3.59. The van der Waals surface area contributed by atoms with Gasteiger partial charge in [-0.15, -0.1) is 0 Å². The fourth-order valence-electron chi connectivity index (χ4n) is 3.59. The molecule has 29 heavy (non-hydrogen) atoms. The lowest BCUT2D eigenvalue weighted by atomic mass is 9.96. The van der Waals surface area contributed by atoms with E-state index >= 15 is 0 Å². The SMILES string of the molecule is COc1ccc2c(c1OC)C(=O)O[C@@H]2CC(=O)c1ccc(-c2ccccc2)cc1. The Bertz CT molecular complexity index is 1050. The van der Waals surface area contributed by atoms with Crippen LogP contribution in [0.25, 0.3) is 11.1 Å². The second-order valence-electron chi connectivity index (χ2n) is 6.73. The number of cyclic esters (lactones) is 1. The van der Waals surface area contributed by atoms with Crippen LogP contribution in [0, 0.1) is 0 Å². The van der Waals surface area contributed by atoms with Crippen molar-refractivity contribution in [2.24, 2.45) is 0 Å². The molecule has 0 amide bonds. The molecule has 0 N–H and O–H groups in total. The molecule has 3 aromatic rings. The molecule has 0 aromatic heterocycles. The van der Waals surface area contributed by atoms with Gasteiger partial charge >= 0.3 is 5.97 Å². The Morgan fingerprint density at radius 3 is 2.24 bits per heavy atom. The average Bonchev–Trinajstić information content (AvgIpc) is 3.09. The first kappa shape index (κ1) is 18.7. The molecule has 5 nitrogen and oxygen atoms in total. The Balaban J connectivity index is 1.55. The van der Waals surface area contributed by atoms with E-state index in [2.05, 4.69) is 0 Å². The zero-order chi connectivity index (χ0) is 20.4. The van der Waals surface area contributed by atoms with E-state index in [-0.39, 0.29) is 12.2 Å². The van der Waals surface area contributed by atoms with Gasteiger partial charge in [-0.1, -0.05) is 60.7 Å². The van der Waals surface area contributed by atoms with Crippen LogP contribution in [0.5, 0.6) is 11.5 Å². The number of benzene rings is 3. The summed E-state index contributed by atoms with van der Waals surface area (Å²) in [7, 11) is 2.98. The molecule has 0 saturated carbocycles. The summed E-state index contributed by atoms with van der Waals surface area (Å²) in [4.78, 5) is 25.2. The highest BCUT2D eigenvalue weighted by atomic mass is 16.6. The molecule has 0 radical (unpaired) electrons. The molecule has 1 atom stereocenters. The smallest absolute Gasteiger partial charge is 0.343 e. The van der Waals surface area contributed by atoms with Gasteiger partial charge in [0.1, 0.15) is 11.7 Å². The highest BCUT2D eigenvalue weighted by Gasteiger charge is 2.36. The monoisotopic (exact) mass is 388 g/mol. The number of Topliss-reactive ketones (excluding diaryl/α,β-unsaturated/α-hetero) is 1. The van der Waals surface area contributed by atoms with Crippen LogP contribution in [0.4, 0.5) is 0 Å². The number of hydrogen-bond acceptors (Lipinski definition) is 5. The third-order valence-electron chi connectivity index (χ3n) is 5.06. The normalized spacial score (nSPS) is 14.8. The lowest BCUT2D eigenvalue weighted by Gasteiger charge is -2.12. The van der Waals surface area contributed by atoms with Crippen LogP contribution in [0.3, 0.4) is 0 Å². The highest BCUT2D eigenvalue weighted by Crippen LogP contribution is 2.43. The van der Waals surface area contributed by atoms with Crippen LogP contribution in [0.15, 0.2) is 66.7 Å². The van der Waals surface area contributed by atoms with E-state index in [1.54, 1.807) is 24.3 Å². The quantitative estimate of drug-likeness (QED) is 0.446. The van der Waals surface area contributed by atoms with Crippen LogP contribution in [-0.4, -0.2) is 26.0 Å². The summed E-state index contributed by atoms with van der Waals surface area (Å²) in [6.07, 6.45) is -0.572. The number of carbonyl (C=O) groups excluding carboxylic acids is 2. The van der Waals surface area contributed by atoms with Gasteiger partial charge in [-0.3, -0.25) is 4.79 Å². The van der Waals surface area contributed by atoms with E-state index in [0.29, 0.717) is 28.2 Å². The van der Waals surface area contributed by atoms with E-state index in [4.69, 9.17) is 14.2 Å². The Kier molecular flexibility index (Phi) is 5.04. The fraction of sp³-hybridized carbons (Fsp3) is 0.167. The predicted molar refractivity (Wildman–Crippen MR) is 109 cm³/mol. The van der Waals surface area contributed by atoms with Gasteiger partial charge < -0.3 is 14.2 Å². The van der Waals surface area contributed by atoms with Crippen molar-refractivity contribution < 1.29 is 23.8 Å². The van der Waals surface area contributed by atoms with Crippen LogP contribution >= 0.6 is 0 Å². The van der Waals surface area contributed by atoms with Crippen molar-refractivity contribution in [1.29, 1.82) is 0 Å². The summed E-state index contributed by atoms with van der Waals surface area (Å²) in [5.41, 5.74) is 3.67. The molecule has 0 fully saturated rings. The van der Waals surface area contributed by atoms with Crippen LogP contribution in [-0.2, 0) is 4.74 Å². The Hall–Kier alpha value is -3.60. The van der Waals surface area contributed by atoms with Gasteiger partial charge in [-0.05, 0) is 17.2 Å². The second-order valence-corrected chi connectivity index (χ2v) is 6.73. The molecule has 0 bridgehead atoms. The second kappa shape index (κ2) is 7.80. The first-order valence-corrected chi connectivity index (χ1v) is 9.27. The lowest BCUT2D eigenvalue weighted by Crippen LogP contribution is -2.07. The molecular weight excluding hydrogens is 368 g/mol. The first-order valence-electron chi connectivity index (χ1n) is 9.27. The zero-order valence-electron chi connectivity index (χ0n) is 16.2. The zero-order valence-corrected chi connectivity index (χ0v) is 16.2. The van der Waals surface area contributed by atoms with Gasteiger partial charge in [0.05, 0.1) is 20.6 Å². The van der Waals surface area contributed by atoms with E-state index in [1.165, 1.54) is 14.2 Å². The third-order valence-corrected chi connectivity index (χ3v) is 5.06. The highest BCUT2D eigenvalue weighted by molar-refractivity contribution is 6.01. The lowest BCUT2D eigenvalue weighted by molar-refractivity contribution is 0.0365. The molecule has 1 heterocycles. The van der Waals surface area contributed by atoms with Gasteiger partial charge in [0.25, 0.3) is 0 Å². The summed E-state index contributed by atoms with van der Waals surface area (Å²) in [6, 6.07) is 20.9. The Morgan fingerprint density at radius 1 is 0.897 bits per heavy atom. The van der Waals surface area contributed by atoms with E-state index in [0.717, 1.165) is 11.1 Å². The summed E-state index contributed by atoms with van der Waals surface area (Å²) in [5, 5.41) is 0. The van der Waals surface area contributed by atoms with Crippen LogP contribution in [0.2, 0.25) is 0 Å². The van der Waals surface area contributed by atoms with Gasteiger partial charge in [0.15, 0.2) is 17.3 Å². The Morgan fingerprint density at radius 2 is 1.59 bits per heavy atom. The summed E-state index contributed by atoms with van der Waals surface area (Å²) < 4.78 is 16.0. The maximum atomic E-state index is 12.8. The van der Waals surface area contributed by atoms with Crippen molar-refractivity contribution in [3.05, 3.63) is 83.4 Å². The summed E-state index contributed by atoms with van der Waals surface area (Å²) in [5.74, 6) is 0.182. The van der Waals surface area contributed by atoms with Gasteiger partial charge in [0.2, 0.25) is 0 Å². The van der Waals surface area contributed by atoms with E-state index < -0.39 is 12.1 Å². The molecule has 0 aliphatic carbocycles. The van der Waals surface area contributed by atoms with Crippen LogP contribution in [0.1, 0.15) is 38.8 Å². The number of carbonyl (C=O) groups is 2. The van der Waals surface area contributed by atoms with E-state index in [1.807, 2.05) is 42.5 Å². The standard InChI is InChI=1S/C24H20O5/c1-27-20-13-12-18-21(29-24(26)22(18)23(20)28-2)14-19(25)17-10-8-16(9-11-17)15-6-4-3-5-7-15/h3-13,21H,14H2,1-2H3/t21-/m1/s1. The number of fused-ring (bicyclic) bond motifs is 1. The molecule has 0 saturated heterocycles. The van der Waals surface area contributed by atoms with Crippen molar-refractivity contribution in [3.63, 3.8) is 0 Å². The summed E-state index contributed by atoms with van der Waals surface area (Å²) in [6.45, 7) is 0. The minimum absolute atomic E-state index is 0.0684. The topological polar surface area (TPSA) is 61.8 Å². The molecular formula is C24H20O5. The first-order chi connectivity index (χ1) is 14.1. The number of hydrogen-bond donors (Lipinski definition) is 0. The molecule has 4 rings (SSSR count). The van der Waals surface area contributed by atoms with Crippen molar-refractivity contribution in [2.45, 2.75) is 12.5 Å². The number of esters is 1. The van der Waals surface area contributed by atoms with Crippen molar-refractivity contribution in [2.75, 3.05) is 14.2 Å². The minimum atomic E-state index is -0.640. The van der Waals surface area contributed by atoms with E-state index in [9.17, 15) is 9.59 Å². The molecule has 1 aliphatic rings. The van der Waals surface area contributed by atoms with Crippen molar-refractivity contribution in [3.8, 4) is 22.6 Å². The minimum Gasteiger partial charge on any atom is -0.493 e. The van der Waals surface area contributed by atoms with Gasteiger partial charge in [-0.2, -0.15) is 0 Å². The van der Waals surface area contributed by atoms with Crippen molar-refractivity contribution in [1.82, 2.24) is 0 Å². The maximum Gasteiger partial charge on any atom is 0.343 e. The molecule has 146 valence electrons. The molecule has 0 spiro atoms. The number of rotatable bonds is 6. The van der Waals surface area contributed by atoms with Gasteiger partial charge in [0, 0.05) is 11.1 Å². The number of ether oxygens (including phenoxy) is 3.